The lowest BCUT2D eigenvalue weighted by Crippen LogP contribution is -2.27. The highest BCUT2D eigenvalue weighted by atomic mass is 35.5. The summed E-state index contributed by atoms with van der Waals surface area (Å²) in [5.41, 5.74) is 1.24. The molecular formula is C22H20ClN3O5. The van der Waals surface area contributed by atoms with Gasteiger partial charge in [-0.25, -0.2) is 4.79 Å². The van der Waals surface area contributed by atoms with E-state index in [1.54, 1.807) is 43.3 Å². The van der Waals surface area contributed by atoms with E-state index in [2.05, 4.69) is 10.4 Å². The second-order valence-electron chi connectivity index (χ2n) is 6.51. The van der Waals surface area contributed by atoms with Crippen LogP contribution in [0.3, 0.4) is 0 Å². The van der Waals surface area contributed by atoms with E-state index in [0.29, 0.717) is 16.4 Å². The molecule has 0 aliphatic heterocycles. The van der Waals surface area contributed by atoms with Crippen LogP contribution < -0.4 is 15.6 Å². The third-order valence-corrected chi connectivity index (χ3v) is 4.35. The third-order valence-electron chi connectivity index (χ3n) is 4.11. The number of nitrogens with zero attached hydrogens (tertiary/aromatic N) is 2. The molecule has 0 aliphatic carbocycles. The molecule has 1 N–H and O–H groups in total. The highest BCUT2D eigenvalue weighted by Crippen LogP contribution is 2.18. The molecule has 0 bridgehead atoms. The fourth-order valence-corrected chi connectivity index (χ4v) is 2.86. The summed E-state index contributed by atoms with van der Waals surface area (Å²) in [5, 5.41) is 7.20. The summed E-state index contributed by atoms with van der Waals surface area (Å²) in [7, 11) is 0. The van der Waals surface area contributed by atoms with Crippen molar-refractivity contribution in [3.63, 3.8) is 0 Å². The summed E-state index contributed by atoms with van der Waals surface area (Å²) in [4.78, 5) is 37.2. The molecule has 0 radical (unpaired) electrons. The number of ether oxygens (including phenoxy) is 2. The Labute approximate surface area is 183 Å². The highest BCUT2D eigenvalue weighted by molar-refractivity contribution is 6.30. The van der Waals surface area contributed by atoms with Gasteiger partial charge in [0.1, 0.15) is 0 Å². The molecule has 3 aromatic rings. The van der Waals surface area contributed by atoms with E-state index in [-0.39, 0.29) is 18.1 Å². The monoisotopic (exact) mass is 441 g/mol. The van der Waals surface area contributed by atoms with Crippen LogP contribution in [0.1, 0.15) is 23.0 Å². The first-order chi connectivity index (χ1) is 14.9. The molecule has 160 valence electrons. The van der Waals surface area contributed by atoms with E-state index in [4.69, 9.17) is 21.1 Å². The normalized spacial score (nSPS) is 10.4. The van der Waals surface area contributed by atoms with Gasteiger partial charge in [-0.05, 0) is 44.2 Å². The van der Waals surface area contributed by atoms with Crippen LogP contribution in [-0.2, 0) is 9.53 Å². The summed E-state index contributed by atoms with van der Waals surface area (Å²) >= 11 is 5.90. The zero-order valence-corrected chi connectivity index (χ0v) is 17.7. The van der Waals surface area contributed by atoms with Crippen molar-refractivity contribution < 1.29 is 19.1 Å². The molecule has 3 rings (SSSR count). The molecular weight excluding hydrogens is 422 g/mol. The second-order valence-corrected chi connectivity index (χ2v) is 6.95. The molecule has 0 fully saturated rings. The highest BCUT2D eigenvalue weighted by Gasteiger charge is 2.20. The van der Waals surface area contributed by atoms with Gasteiger partial charge in [0.15, 0.2) is 12.4 Å². The Hall–Kier alpha value is -3.65. The van der Waals surface area contributed by atoms with Crippen molar-refractivity contribution in [2.45, 2.75) is 13.8 Å². The van der Waals surface area contributed by atoms with Crippen molar-refractivity contribution in [1.82, 2.24) is 9.78 Å². The molecule has 2 aromatic carbocycles. The Bertz CT molecular complexity index is 1160. The van der Waals surface area contributed by atoms with Gasteiger partial charge in [-0.2, -0.15) is 9.78 Å². The predicted octanol–water partition coefficient (Wildman–Crippen LogP) is 3.39. The molecule has 0 aliphatic rings. The fourth-order valence-electron chi connectivity index (χ4n) is 2.67. The molecule has 0 unspecified atom stereocenters. The average molecular weight is 442 g/mol. The second kappa shape index (κ2) is 9.90. The summed E-state index contributed by atoms with van der Waals surface area (Å²) < 4.78 is 11.5. The summed E-state index contributed by atoms with van der Waals surface area (Å²) in [6, 6.07) is 14.8. The van der Waals surface area contributed by atoms with Crippen molar-refractivity contribution in [2.75, 3.05) is 18.5 Å². The molecule has 0 spiro atoms. The van der Waals surface area contributed by atoms with Gasteiger partial charge in [-0.3, -0.25) is 9.59 Å². The minimum absolute atomic E-state index is 0.110. The third kappa shape index (κ3) is 5.70. The van der Waals surface area contributed by atoms with Crippen molar-refractivity contribution in [2.24, 2.45) is 0 Å². The van der Waals surface area contributed by atoms with Gasteiger partial charge >= 0.3 is 5.97 Å². The van der Waals surface area contributed by atoms with Gasteiger partial charge in [-0.1, -0.05) is 35.4 Å². The van der Waals surface area contributed by atoms with E-state index in [0.717, 1.165) is 16.3 Å². The molecule has 31 heavy (non-hydrogen) atoms. The lowest BCUT2D eigenvalue weighted by atomic mass is 10.2. The van der Waals surface area contributed by atoms with Crippen LogP contribution in [0, 0.1) is 6.92 Å². The Morgan fingerprint density at radius 2 is 1.87 bits per heavy atom. The summed E-state index contributed by atoms with van der Waals surface area (Å²) in [5.74, 6) is -1.42. The molecule has 0 saturated heterocycles. The predicted molar refractivity (Wildman–Crippen MR) is 116 cm³/mol. The fraction of sp³-hybridized carbons (Fsp3) is 0.182. The van der Waals surface area contributed by atoms with Crippen LogP contribution in [0.4, 0.5) is 5.69 Å². The molecule has 8 nitrogen and oxygen atoms in total. The quantitative estimate of drug-likeness (QED) is 0.564. The Morgan fingerprint density at radius 3 is 2.55 bits per heavy atom. The summed E-state index contributed by atoms with van der Waals surface area (Å²) in [6.45, 7) is 3.22. The summed E-state index contributed by atoms with van der Waals surface area (Å²) in [6.07, 6.45) is 0. The lowest BCUT2D eigenvalue weighted by Gasteiger charge is -2.13. The average Bonchev–Trinajstić information content (AvgIpc) is 2.73. The number of halogens is 1. The number of carbonyl (C=O) groups excluding carboxylic acids is 2. The van der Waals surface area contributed by atoms with Crippen molar-refractivity contribution in [3.8, 4) is 11.4 Å². The number of esters is 1. The van der Waals surface area contributed by atoms with E-state index in [1.807, 2.05) is 19.1 Å². The largest absolute Gasteiger partial charge is 0.481 e. The SMILES string of the molecule is CCOC(=O)c1nn(-c2ccc(C)cc2)c(=O)cc1OCC(=O)Nc1cccc(Cl)c1. The number of aryl methyl sites for hydroxylation is 1. The van der Waals surface area contributed by atoms with Gasteiger partial charge in [0.2, 0.25) is 5.69 Å². The first-order valence-corrected chi connectivity index (χ1v) is 9.82. The molecule has 0 saturated carbocycles. The maximum atomic E-state index is 12.6. The standard InChI is InChI=1S/C22H20ClN3O5/c1-3-30-22(29)21-18(31-13-19(27)24-16-6-4-5-15(23)11-16)12-20(28)26(25-21)17-9-7-14(2)8-10-17/h4-12H,3,13H2,1-2H3,(H,24,27). The molecule has 0 atom stereocenters. The minimum atomic E-state index is -0.770. The Balaban J connectivity index is 1.85. The molecule has 1 heterocycles. The number of nitrogens with one attached hydrogen (secondary N) is 1. The number of anilines is 1. The van der Waals surface area contributed by atoms with Crippen molar-refractivity contribution in [3.05, 3.63) is 81.2 Å². The first kappa shape index (κ1) is 22.0. The van der Waals surface area contributed by atoms with Gasteiger partial charge in [-0.15, -0.1) is 0 Å². The maximum Gasteiger partial charge on any atom is 0.362 e. The van der Waals surface area contributed by atoms with Gasteiger partial charge in [0.05, 0.1) is 18.4 Å². The Morgan fingerprint density at radius 1 is 1.13 bits per heavy atom. The number of rotatable bonds is 7. The molecule has 1 aromatic heterocycles. The lowest BCUT2D eigenvalue weighted by molar-refractivity contribution is -0.118. The van der Waals surface area contributed by atoms with Crippen molar-refractivity contribution >= 4 is 29.2 Å². The Kier molecular flexibility index (Phi) is 7.04. The van der Waals surface area contributed by atoms with Crippen LogP contribution >= 0.6 is 11.6 Å². The van der Waals surface area contributed by atoms with Gasteiger partial charge in [0.25, 0.3) is 11.5 Å². The van der Waals surface area contributed by atoms with E-state index in [9.17, 15) is 14.4 Å². The number of hydrogen-bond acceptors (Lipinski definition) is 6. The van der Waals surface area contributed by atoms with Gasteiger partial charge < -0.3 is 14.8 Å². The first-order valence-electron chi connectivity index (χ1n) is 9.44. The van der Waals surface area contributed by atoms with E-state index in [1.165, 1.54) is 0 Å². The van der Waals surface area contributed by atoms with E-state index < -0.39 is 24.0 Å². The zero-order chi connectivity index (χ0) is 22.4. The maximum absolute atomic E-state index is 12.6. The smallest absolute Gasteiger partial charge is 0.362 e. The topological polar surface area (TPSA) is 99.5 Å². The number of carbonyl (C=O) groups is 2. The zero-order valence-electron chi connectivity index (χ0n) is 16.9. The van der Waals surface area contributed by atoms with Gasteiger partial charge in [0, 0.05) is 10.7 Å². The van der Waals surface area contributed by atoms with Crippen LogP contribution in [0.15, 0.2) is 59.4 Å². The van der Waals surface area contributed by atoms with Crippen LogP contribution in [0.25, 0.3) is 5.69 Å². The molecule has 9 heteroatoms. The van der Waals surface area contributed by atoms with Crippen LogP contribution in [0.5, 0.6) is 5.75 Å². The molecule has 1 amide bonds. The number of hydrogen-bond donors (Lipinski definition) is 1. The number of benzene rings is 2. The van der Waals surface area contributed by atoms with Crippen LogP contribution in [-0.4, -0.2) is 34.9 Å². The number of amides is 1. The minimum Gasteiger partial charge on any atom is -0.481 e. The van der Waals surface area contributed by atoms with E-state index >= 15 is 0 Å². The number of aromatic nitrogens is 2. The van der Waals surface area contributed by atoms with Crippen molar-refractivity contribution in [1.29, 1.82) is 0 Å². The van der Waals surface area contributed by atoms with Crippen LogP contribution in [0.2, 0.25) is 5.02 Å².